The third-order valence-corrected chi connectivity index (χ3v) is 2.15. The number of hydrogen-bond acceptors (Lipinski definition) is 3. The molecule has 6 nitrogen and oxygen atoms in total. The van der Waals surface area contributed by atoms with Gasteiger partial charge in [0.1, 0.15) is 0 Å². The number of ether oxygens (including phenoxy) is 1. The monoisotopic (exact) mass is 280 g/mol. The van der Waals surface area contributed by atoms with Gasteiger partial charge in [-0.15, -0.1) is 0 Å². The molecule has 0 fully saturated rings. The lowest BCUT2D eigenvalue weighted by Crippen LogP contribution is -2.38. The predicted octanol–water partition coefficient (Wildman–Crippen LogP) is 0.848. The van der Waals surface area contributed by atoms with Crippen LogP contribution in [0, 0.1) is 0 Å². The number of nitrogens with one attached hydrogen (secondary N) is 2. The van der Waals surface area contributed by atoms with Crippen molar-refractivity contribution in [1.82, 2.24) is 20.4 Å². The topological polar surface area (TPSA) is 68.2 Å². The highest BCUT2D eigenvalue weighted by atomic mass is 19.4. The van der Waals surface area contributed by atoms with Crippen LogP contribution in [0.5, 0.6) is 0 Å². The van der Waals surface area contributed by atoms with Gasteiger partial charge in [0, 0.05) is 26.4 Å². The first kappa shape index (κ1) is 15.3. The van der Waals surface area contributed by atoms with Crippen LogP contribution in [-0.4, -0.2) is 42.6 Å². The van der Waals surface area contributed by atoms with E-state index in [1.807, 2.05) is 0 Å². The summed E-state index contributed by atoms with van der Waals surface area (Å²) in [5.74, 6) is 0. The van der Waals surface area contributed by atoms with E-state index in [1.165, 1.54) is 13.3 Å². The smallest absolute Gasteiger partial charge is 0.383 e. The van der Waals surface area contributed by atoms with Gasteiger partial charge < -0.3 is 15.4 Å². The Balaban J connectivity index is 2.26. The van der Waals surface area contributed by atoms with Crippen molar-refractivity contribution in [3.63, 3.8) is 0 Å². The lowest BCUT2D eigenvalue weighted by atomic mass is 10.4. The van der Waals surface area contributed by atoms with Gasteiger partial charge in [-0.25, -0.2) is 4.79 Å². The van der Waals surface area contributed by atoms with E-state index < -0.39 is 17.9 Å². The fraction of sp³-hybridized carbons (Fsp3) is 0.600. The fourth-order valence-corrected chi connectivity index (χ4v) is 1.25. The van der Waals surface area contributed by atoms with Crippen molar-refractivity contribution < 1.29 is 22.7 Å². The van der Waals surface area contributed by atoms with Crippen molar-refractivity contribution >= 4 is 6.03 Å². The SMILES string of the molecule is COCCNC(=O)NCCn1ccc(C(F)(F)F)n1. The van der Waals surface area contributed by atoms with Crippen LogP contribution in [0.4, 0.5) is 18.0 Å². The minimum absolute atomic E-state index is 0.160. The standard InChI is InChI=1S/C10H15F3N4O2/c1-19-7-4-15-9(18)14-3-6-17-5-2-8(16-17)10(11,12)13/h2,5H,3-4,6-7H2,1H3,(H2,14,15,18). The van der Waals surface area contributed by atoms with E-state index in [4.69, 9.17) is 4.74 Å². The zero-order chi connectivity index (χ0) is 14.3. The first-order valence-corrected chi connectivity index (χ1v) is 5.55. The number of hydrogen-bond donors (Lipinski definition) is 2. The normalized spacial score (nSPS) is 11.4. The van der Waals surface area contributed by atoms with E-state index in [2.05, 4.69) is 15.7 Å². The molecular formula is C10H15F3N4O2. The largest absolute Gasteiger partial charge is 0.435 e. The Morgan fingerprint density at radius 2 is 2.11 bits per heavy atom. The van der Waals surface area contributed by atoms with E-state index in [9.17, 15) is 18.0 Å². The Kier molecular flexibility index (Phi) is 5.61. The molecule has 9 heteroatoms. The van der Waals surface area contributed by atoms with Gasteiger partial charge in [0.15, 0.2) is 5.69 Å². The molecule has 0 radical (unpaired) electrons. The lowest BCUT2D eigenvalue weighted by Gasteiger charge is -2.07. The number of urea groups is 1. The molecule has 0 aliphatic carbocycles. The molecule has 1 aromatic heterocycles. The molecule has 0 aliphatic heterocycles. The quantitative estimate of drug-likeness (QED) is 0.759. The van der Waals surface area contributed by atoms with Crippen molar-refractivity contribution in [2.45, 2.75) is 12.7 Å². The molecule has 1 rings (SSSR count). The number of methoxy groups -OCH3 is 1. The number of amides is 2. The van der Waals surface area contributed by atoms with Gasteiger partial charge in [-0.05, 0) is 6.07 Å². The van der Waals surface area contributed by atoms with Crippen LogP contribution in [0.15, 0.2) is 12.3 Å². The van der Waals surface area contributed by atoms with Crippen molar-refractivity contribution in [2.24, 2.45) is 0 Å². The molecule has 0 aromatic carbocycles. The van der Waals surface area contributed by atoms with E-state index in [0.717, 1.165) is 10.7 Å². The van der Waals surface area contributed by atoms with E-state index in [1.54, 1.807) is 0 Å². The summed E-state index contributed by atoms with van der Waals surface area (Å²) in [6, 6.07) is 0.485. The van der Waals surface area contributed by atoms with Crippen molar-refractivity contribution in [2.75, 3.05) is 26.8 Å². The van der Waals surface area contributed by atoms with Crippen molar-refractivity contribution in [3.8, 4) is 0 Å². The Labute approximate surface area is 107 Å². The Hall–Kier alpha value is -1.77. The van der Waals surface area contributed by atoms with Crippen molar-refractivity contribution in [3.05, 3.63) is 18.0 Å². The van der Waals surface area contributed by atoms with Crippen LogP contribution >= 0.6 is 0 Å². The van der Waals surface area contributed by atoms with Gasteiger partial charge in [0.25, 0.3) is 0 Å². The summed E-state index contributed by atoms with van der Waals surface area (Å²) in [5, 5.41) is 8.36. The molecule has 0 spiro atoms. The average Bonchev–Trinajstić information content (AvgIpc) is 2.78. The lowest BCUT2D eigenvalue weighted by molar-refractivity contribution is -0.141. The Bertz CT molecular complexity index is 406. The number of rotatable bonds is 6. The van der Waals surface area contributed by atoms with Crippen LogP contribution in [0.2, 0.25) is 0 Å². The maximum atomic E-state index is 12.3. The van der Waals surface area contributed by atoms with Crippen LogP contribution in [0.3, 0.4) is 0 Å². The molecule has 0 atom stereocenters. The minimum atomic E-state index is -4.45. The first-order valence-electron chi connectivity index (χ1n) is 5.55. The highest BCUT2D eigenvalue weighted by Gasteiger charge is 2.33. The molecule has 19 heavy (non-hydrogen) atoms. The first-order chi connectivity index (χ1) is 8.93. The number of alkyl halides is 3. The summed E-state index contributed by atoms with van der Waals surface area (Å²) in [6.45, 7) is 1.09. The number of halogens is 3. The molecule has 2 N–H and O–H groups in total. The summed E-state index contributed by atoms with van der Waals surface area (Å²) in [4.78, 5) is 11.2. The summed E-state index contributed by atoms with van der Waals surface area (Å²) >= 11 is 0. The number of carbonyl (C=O) groups is 1. The summed E-state index contributed by atoms with van der Waals surface area (Å²) in [6.07, 6.45) is -3.23. The van der Waals surface area contributed by atoms with Gasteiger partial charge in [-0.3, -0.25) is 4.68 Å². The van der Waals surface area contributed by atoms with Gasteiger partial charge in [-0.1, -0.05) is 0 Å². The number of aromatic nitrogens is 2. The molecule has 0 saturated carbocycles. The number of carbonyl (C=O) groups excluding carboxylic acids is 1. The highest BCUT2D eigenvalue weighted by Crippen LogP contribution is 2.26. The zero-order valence-electron chi connectivity index (χ0n) is 10.3. The van der Waals surface area contributed by atoms with Crippen LogP contribution in [0.1, 0.15) is 5.69 Å². The van der Waals surface area contributed by atoms with E-state index in [0.29, 0.717) is 13.2 Å². The maximum Gasteiger partial charge on any atom is 0.435 e. The van der Waals surface area contributed by atoms with Gasteiger partial charge in [0.2, 0.25) is 0 Å². The molecule has 2 amide bonds. The average molecular weight is 280 g/mol. The van der Waals surface area contributed by atoms with Gasteiger partial charge in [-0.2, -0.15) is 18.3 Å². The van der Waals surface area contributed by atoms with E-state index >= 15 is 0 Å². The zero-order valence-corrected chi connectivity index (χ0v) is 10.3. The highest BCUT2D eigenvalue weighted by molar-refractivity contribution is 5.73. The molecule has 0 aliphatic rings. The summed E-state index contributed by atoms with van der Waals surface area (Å²) < 4.78 is 42.6. The summed E-state index contributed by atoms with van der Waals surface area (Å²) in [5.41, 5.74) is -0.947. The second-order valence-electron chi connectivity index (χ2n) is 3.64. The molecule has 108 valence electrons. The van der Waals surface area contributed by atoms with Crippen molar-refractivity contribution in [1.29, 1.82) is 0 Å². The minimum Gasteiger partial charge on any atom is -0.383 e. The van der Waals surface area contributed by atoms with Crippen LogP contribution in [0.25, 0.3) is 0 Å². The third kappa shape index (κ3) is 5.60. The molecule has 0 unspecified atom stereocenters. The number of nitrogens with zero attached hydrogens (tertiary/aromatic N) is 2. The Morgan fingerprint density at radius 1 is 1.42 bits per heavy atom. The van der Waals surface area contributed by atoms with Crippen LogP contribution in [-0.2, 0) is 17.5 Å². The molecule has 1 heterocycles. The van der Waals surface area contributed by atoms with Gasteiger partial charge in [0.05, 0.1) is 13.2 Å². The van der Waals surface area contributed by atoms with E-state index in [-0.39, 0.29) is 13.1 Å². The third-order valence-electron chi connectivity index (χ3n) is 2.15. The predicted molar refractivity (Wildman–Crippen MR) is 60.5 cm³/mol. The second kappa shape index (κ2) is 6.98. The molecule has 0 saturated heterocycles. The Morgan fingerprint density at radius 3 is 2.68 bits per heavy atom. The fourth-order valence-electron chi connectivity index (χ4n) is 1.25. The van der Waals surface area contributed by atoms with Gasteiger partial charge >= 0.3 is 12.2 Å². The molecular weight excluding hydrogens is 265 g/mol. The second-order valence-corrected chi connectivity index (χ2v) is 3.64. The molecule has 1 aromatic rings. The van der Waals surface area contributed by atoms with Crippen LogP contribution < -0.4 is 10.6 Å². The maximum absolute atomic E-state index is 12.3. The molecule has 0 bridgehead atoms. The summed E-state index contributed by atoms with van der Waals surface area (Å²) in [7, 11) is 1.51.